The Balaban J connectivity index is -0.000000521. The molecule has 0 aromatic carbocycles. The zero-order chi connectivity index (χ0) is 34.9. The summed E-state index contributed by atoms with van der Waals surface area (Å²) >= 11 is 10.6. The quantitative estimate of drug-likeness (QED) is 0.201. The second kappa shape index (κ2) is 23.3. The van der Waals surface area contributed by atoms with E-state index >= 15 is 0 Å². The number of hydrogen-bond acceptors (Lipinski definition) is 6. The van der Waals surface area contributed by atoms with Crippen LogP contribution in [0.1, 0.15) is 124 Å². The summed E-state index contributed by atoms with van der Waals surface area (Å²) in [5.41, 5.74) is -1.15. The molecule has 0 aliphatic carbocycles. The minimum atomic E-state index is -0.523. The SMILES string of the molecule is C1CCOC1.CC(C)C#CB1OC(C)(C)C(C)(C)O1.CC(C)C=C(Cl)Cl.CC(C)OB1OC(C)(C)C(C)(C)O1.[C-]#CC(C)C.[Li+]. The average Bonchev–Trinajstić information content (AvgIpc) is 3.51. The number of allylic oxidation sites excluding steroid dienone is 1. The Bertz CT molecular complexity index is 888. The van der Waals surface area contributed by atoms with Gasteiger partial charge in [-0.25, -0.2) is 0 Å². The zero-order valence-electron chi connectivity index (χ0n) is 31.6. The fourth-order valence-electron chi connectivity index (χ4n) is 2.97. The van der Waals surface area contributed by atoms with Crippen molar-refractivity contribution in [2.45, 2.75) is 152 Å². The van der Waals surface area contributed by atoms with Crippen molar-refractivity contribution in [1.82, 2.24) is 0 Å². The molecule has 0 saturated carbocycles. The summed E-state index contributed by atoms with van der Waals surface area (Å²) in [6, 6.07) is 0. The first-order chi connectivity index (χ1) is 19.9. The maximum Gasteiger partial charge on any atom is 1.00 e. The van der Waals surface area contributed by atoms with Gasteiger partial charge in [-0.2, -0.15) is 0 Å². The van der Waals surface area contributed by atoms with Gasteiger partial charge in [0.25, 0.3) is 0 Å². The van der Waals surface area contributed by atoms with Crippen molar-refractivity contribution in [3.8, 4) is 17.7 Å². The van der Waals surface area contributed by atoms with Gasteiger partial charge in [-0.15, -0.1) is 5.92 Å². The van der Waals surface area contributed by atoms with Gasteiger partial charge in [-0.1, -0.05) is 76.6 Å². The fraction of sp³-hybridized carbons (Fsp3) is 0.824. The van der Waals surface area contributed by atoms with E-state index in [0.717, 1.165) is 13.2 Å². The standard InChI is InChI=1S/C11H19BO2.C9H19BO3.C5H8Cl2.C5H7.C4H8O.Li/c1-9(2)7-8-12-13-10(3,4)11(5,6)14-12;1-7(2)11-10-12-8(3,4)9(5,6)13-10;1-4(2)3-5(6)7;1-4-5(2)3;1-2-4-5-3-1;/h9H,1-6H3;7H,1-6H3;3-4H,1-2H3;5H,2-3H3;1-4H2;/q;;;-1;;+1. The Morgan fingerprint density at radius 2 is 1.11 bits per heavy atom. The monoisotopic (exact) mass is 664 g/mol. The Hall–Kier alpha value is -0.0727. The first-order valence-electron chi connectivity index (χ1n) is 15.8. The van der Waals surface area contributed by atoms with Crippen molar-refractivity contribution in [3.63, 3.8) is 0 Å². The van der Waals surface area contributed by atoms with E-state index in [1.807, 2.05) is 96.9 Å². The molecular formula is C34H61B2Cl2LiO6. The van der Waals surface area contributed by atoms with Crippen LogP contribution in [0.25, 0.3) is 0 Å². The van der Waals surface area contributed by atoms with Crippen LogP contribution in [0.5, 0.6) is 0 Å². The smallest absolute Gasteiger partial charge is 0.693 e. The van der Waals surface area contributed by atoms with Crippen LogP contribution in [0, 0.1) is 41.8 Å². The van der Waals surface area contributed by atoms with E-state index in [-0.39, 0.29) is 54.5 Å². The van der Waals surface area contributed by atoms with Gasteiger partial charge in [0.05, 0.1) is 22.4 Å². The molecule has 0 aromatic rings. The normalized spacial score (nSPS) is 19.7. The topological polar surface area (TPSA) is 55.4 Å². The van der Waals surface area contributed by atoms with Crippen molar-refractivity contribution in [2.24, 2.45) is 17.8 Å². The largest absolute Gasteiger partial charge is 1.00 e. The Morgan fingerprint density at radius 1 is 0.733 bits per heavy atom. The summed E-state index contributed by atoms with van der Waals surface area (Å²) in [7, 11) is -0.896. The molecule has 3 heterocycles. The van der Waals surface area contributed by atoms with E-state index in [1.54, 1.807) is 6.08 Å². The molecule has 3 fully saturated rings. The number of ether oxygens (including phenoxy) is 1. The third-order valence-electron chi connectivity index (χ3n) is 6.93. The molecule has 0 radical (unpaired) electrons. The second-order valence-electron chi connectivity index (χ2n) is 14.1. The van der Waals surface area contributed by atoms with Crippen molar-refractivity contribution < 1.29 is 46.9 Å². The fourth-order valence-corrected chi connectivity index (χ4v) is 3.47. The summed E-state index contributed by atoms with van der Waals surface area (Å²) in [6.45, 7) is 34.1. The molecule has 3 aliphatic rings. The molecule has 3 saturated heterocycles. The Kier molecular flexibility index (Phi) is 25.5. The molecule has 0 aromatic heterocycles. The van der Waals surface area contributed by atoms with Gasteiger partial charge in [-0.3, -0.25) is 0 Å². The molecule has 0 atom stereocenters. The number of hydrogen-bond donors (Lipinski definition) is 0. The van der Waals surface area contributed by atoms with Crippen LogP contribution >= 0.6 is 23.2 Å². The van der Waals surface area contributed by atoms with Crippen LogP contribution in [0.4, 0.5) is 0 Å². The molecule has 0 N–H and O–H groups in total. The summed E-state index contributed by atoms with van der Waals surface area (Å²) in [6.07, 6.45) is 10.9. The molecule has 6 nitrogen and oxygen atoms in total. The minimum absolute atomic E-state index is 0. The van der Waals surface area contributed by atoms with E-state index in [2.05, 4.69) is 31.5 Å². The number of halogens is 2. The van der Waals surface area contributed by atoms with Gasteiger partial charge >= 0.3 is 33.3 Å². The van der Waals surface area contributed by atoms with Gasteiger partial charge in [0.1, 0.15) is 4.49 Å². The molecule has 3 rings (SSSR count). The molecule has 0 amide bonds. The van der Waals surface area contributed by atoms with Crippen LogP contribution in [-0.2, 0) is 28.0 Å². The van der Waals surface area contributed by atoms with Crippen LogP contribution in [0.3, 0.4) is 0 Å². The van der Waals surface area contributed by atoms with Crippen LogP contribution < -0.4 is 18.9 Å². The first-order valence-corrected chi connectivity index (χ1v) is 16.5. The summed E-state index contributed by atoms with van der Waals surface area (Å²) in [4.78, 5) is 0. The van der Waals surface area contributed by atoms with Crippen LogP contribution in [-0.4, -0.2) is 56.2 Å². The first kappa shape index (κ1) is 49.3. The van der Waals surface area contributed by atoms with E-state index in [0.29, 0.717) is 22.2 Å². The predicted molar refractivity (Wildman–Crippen MR) is 188 cm³/mol. The van der Waals surface area contributed by atoms with Gasteiger partial charge in [0.2, 0.25) is 0 Å². The summed E-state index contributed by atoms with van der Waals surface area (Å²) in [5, 5.41) is 0. The second-order valence-corrected chi connectivity index (χ2v) is 15.1. The van der Waals surface area contributed by atoms with Crippen LogP contribution in [0.2, 0.25) is 0 Å². The van der Waals surface area contributed by atoms with Crippen LogP contribution in [0.15, 0.2) is 10.6 Å². The van der Waals surface area contributed by atoms with Crippen molar-refractivity contribution >= 4 is 37.6 Å². The van der Waals surface area contributed by atoms with Crippen molar-refractivity contribution in [3.05, 3.63) is 17.0 Å². The Morgan fingerprint density at radius 3 is 1.33 bits per heavy atom. The average molecular weight is 665 g/mol. The van der Waals surface area contributed by atoms with Gasteiger partial charge < -0.3 is 40.4 Å². The van der Waals surface area contributed by atoms with Gasteiger partial charge in [0.15, 0.2) is 0 Å². The molecular weight excluding hydrogens is 604 g/mol. The third-order valence-corrected chi connectivity index (χ3v) is 7.19. The maximum absolute atomic E-state index is 6.41. The van der Waals surface area contributed by atoms with E-state index in [9.17, 15) is 0 Å². The third kappa shape index (κ3) is 23.0. The molecule has 254 valence electrons. The molecule has 0 unspecified atom stereocenters. The van der Waals surface area contributed by atoms with E-state index in [1.165, 1.54) is 12.8 Å². The Labute approximate surface area is 301 Å². The van der Waals surface area contributed by atoms with E-state index in [4.69, 9.17) is 57.6 Å². The molecule has 0 bridgehead atoms. The summed E-state index contributed by atoms with van der Waals surface area (Å²) in [5.74, 6) is 9.44. The number of rotatable bonds is 3. The molecule has 11 heteroatoms. The van der Waals surface area contributed by atoms with Crippen molar-refractivity contribution in [2.75, 3.05) is 13.2 Å². The molecule has 45 heavy (non-hydrogen) atoms. The van der Waals surface area contributed by atoms with Gasteiger partial charge in [-0.05, 0) is 93.9 Å². The van der Waals surface area contributed by atoms with E-state index < -0.39 is 7.32 Å². The molecule has 0 spiro atoms. The maximum atomic E-state index is 6.41. The van der Waals surface area contributed by atoms with Gasteiger partial charge in [0, 0.05) is 25.2 Å². The predicted octanol–water partition coefficient (Wildman–Crippen LogP) is 6.27. The summed E-state index contributed by atoms with van der Waals surface area (Å²) < 4.78 is 33.4. The molecule has 3 aliphatic heterocycles. The zero-order valence-corrected chi connectivity index (χ0v) is 33.1. The van der Waals surface area contributed by atoms with Crippen molar-refractivity contribution in [1.29, 1.82) is 0 Å². The minimum Gasteiger partial charge on any atom is -0.693 e.